The number of thioether (sulfide) groups is 1. The van der Waals surface area contributed by atoms with Gasteiger partial charge in [-0.05, 0) is 19.3 Å². The first kappa shape index (κ1) is 10.3. The second-order valence-corrected chi connectivity index (χ2v) is 5.70. The van der Waals surface area contributed by atoms with Crippen molar-refractivity contribution in [1.29, 1.82) is 0 Å². The Morgan fingerprint density at radius 2 is 2.43 bits per heavy atom. The Morgan fingerprint density at radius 1 is 1.57 bits per heavy atom. The van der Waals surface area contributed by atoms with E-state index in [1.807, 2.05) is 11.8 Å². The van der Waals surface area contributed by atoms with Crippen molar-refractivity contribution in [2.24, 2.45) is 0 Å². The van der Waals surface area contributed by atoms with E-state index in [1.54, 1.807) is 0 Å². The zero-order valence-electron chi connectivity index (χ0n) is 8.58. The van der Waals surface area contributed by atoms with Crippen LogP contribution in [0.3, 0.4) is 0 Å². The molecular weight excluding hydrogens is 196 g/mol. The van der Waals surface area contributed by atoms with Crippen LogP contribution in [0.4, 0.5) is 0 Å². The molecule has 2 aliphatic heterocycles. The number of hydrogen-bond acceptors (Lipinski definition) is 3. The summed E-state index contributed by atoms with van der Waals surface area (Å²) in [6.45, 7) is 3.11. The predicted molar refractivity (Wildman–Crippen MR) is 59.5 cm³/mol. The third-order valence-electron chi connectivity index (χ3n) is 2.92. The van der Waals surface area contributed by atoms with Crippen LogP contribution in [0.5, 0.6) is 0 Å². The van der Waals surface area contributed by atoms with Gasteiger partial charge in [-0.3, -0.25) is 4.79 Å². The molecule has 80 valence electrons. The number of hydrogen-bond donors (Lipinski definition) is 2. The van der Waals surface area contributed by atoms with E-state index >= 15 is 0 Å². The minimum atomic E-state index is 0.0691. The molecule has 3 atom stereocenters. The average molecular weight is 214 g/mol. The van der Waals surface area contributed by atoms with E-state index in [9.17, 15) is 4.79 Å². The molecule has 1 amide bonds. The number of rotatable bonds is 2. The number of carbonyl (C=O) groups excluding carboxylic acids is 1. The summed E-state index contributed by atoms with van der Waals surface area (Å²) in [5, 5.41) is 7.12. The lowest BCUT2D eigenvalue weighted by Gasteiger charge is -2.25. The smallest absolute Gasteiger partial charge is 0.237 e. The lowest BCUT2D eigenvalue weighted by Crippen LogP contribution is -2.51. The molecule has 0 radical (unpaired) electrons. The predicted octanol–water partition coefficient (Wildman–Crippen LogP) is 0.749. The molecule has 4 heteroatoms. The zero-order chi connectivity index (χ0) is 9.97. The maximum absolute atomic E-state index is 11.5. The molecule has 3 nitrogen and oxygen atoms in total. The quantitative estimate of drug-likeness (QED) is 0.712. The molecule has 0 aliphatic carbocycles. The Kier molecular flexibility index (Phi) is 3.34. The highest BCUT2D eigenvalue weighted by atomic mass is 32.2. The van der Waals surface area contributed by atoms with Crippen molar-refractivity contribution in [2.45, 2.75) is 43.5 Å². The molecule has 0 spiro atoms. The molecule has 2 saturated heterocycles. The Hall–Kier alpha value is -0.220. The summed E-state index contributed by atoms with van der Waals surface area (Å²) in [6.07, 6.45) is 3.31. The highest BCUT2D eigenvalue weighted by Crippen LogP contribution is 2.26. The van der Waals surface area contributed by atoms with Crippen LogP contribution in [0, 0.1) is 0 Å². The molecular formula is C10H18N2OS. The van der Waals surface area contributed by atoms with Crippen LogP contribution in [-0.2, 0) is 4.79 Å². The number of carbonyl (C=O) groups is 1. The SMILES string of the molecule is CC1CC(NC2CCCNC2=O)CS1. The average Bonchev–Trinajstić information content (AvgIpc) is 2.56. The minimum absolute atomic E-state index is 0.0691. The van der Waals surface area contributed by atoms with Crippen molar-refractivity contribution in [2.75, 3.05) is 12.3 Å². The molecule has 0 aromatic carbocycles. The molecule has 0 aromatic heterocycles. The monoisotopic (exact) mass is 214 g/mol. The first-order valence-corrected chi connectivity index (χ1v) is 6.46. The van der Waals surface area contributed by atoms with Gasteiger partial charge >= 0.3 is 0 Å². The summed E-state index contributed by atoms with van der Waals surface area (Å²) >= 11 is 2.00. The second-order valence-electron chi connectivity index (χ2n) is 4.23. The van der Waals surface area contributed by atoms with Gasteiger partial charge in [-0.15, -0.1) is 0 Å². The number of piperidine rings is 1. The van der Waals surface area contributed by atoms with Gasteiger partial charge in [-0.25, -0.2) is 0 Å². The third-order valence-corrected chi connectivity index (χ3v) is 4.28. The maximum Gasteiger partial charge on any atom is 0.237 e. The normalized spacial score (nSPS) is 38.4. The van der Waals surface area contributed by atoms with Crippen LogP contribution >= 0.6 is 11.8 Å². The molecule has 2 N–H and O–H groups in total. The Balaban J connectivity index is 1.81. The van der Waals surface area contributed by atoms with E-state index in [-0.39, 0.29) is 11.9 Å². The van der Waals surface area contributed by atoms with Crippen LogP contribution < -0.4 is 10.6 Å². The van der Waals surface area contributed by atoms with Crippen LogP contribution in [-0.4, -0.2) is 35.5 Å². The Bertz CT molecular complexity index is 222. The second kappa shape index (κ2) is 4.53. The maximum atomic E-state index is 11.5. The summed E-state index contributed by atoms with van der Waals surface area (Å²) in [5.41, 5.74) is 0. The van der Waals surface area contributed by atoms with E-state index in [0.29, 0.717) is 6.04 Å². The summed E-state index contributed by atoms with van der Waals surface area (Å²) < 4.78 is 0. The van der Waals surface area contributed by atoms with Gasteiger partial charge in [0.2, 0.25) is 5.91 Å². The van der Waals surface area contributed by atoms with Crippen LogP contribution in [0.25, 0.3) is 0 Å². The van der Waals surface area contributed by atoms with Gasteiger partial charge in [-0.2, -0.15) is 11.8 Å². The Labute approximate surface area is 89.4 Å². The minimum Gasteiger partial charge on any atom is -0.355 e. The fourth-order valence-corrected chi connectivity index (χ4v) is 3.31. The van der Waals surface area contributed by atoms with Gasteiger partial charge in [0.1, 0.15) is 0 Å². The molecule has 14 heavy (non-hydrogen) atoms. The largest absolute Gasteiger partial charge is 0.355 e. The van der Waals surface area contributed by atoms with Gasteiger partial charge in [0.15, 0.2) is 0 Å². The lowest BCUT2D eigenvalue weighted by molar-refractivity contribution is -0.124. The van der Waals surface area contributed by atoms with Crippen molar-refractivity contribution in [3.05, 3.63) is 0 Å². The van der Waals surface area contributed by atoms with Gasteiger partial charge in [-0.1, -0.05) is 6.92 Å². The van der Waals surface area contributed by atoms with Crippen molar-refractivity contribution >= 4 is 17.7 Å². The molecule has 2 heterocycles. The van der Waals surface area contributed by atoms with Crippen molar-refractivity contribution in [1.82, 2.24) is 10.6 Å². The zero-order valence-corrected chi connectivity index (χ0v) is 9.40. The molecule has 2 fully saturated rings. The van der Waals surface area contributed by atoms with Crippen LogP contribution in [0.2, 0.25) is 0 Å². The van der Waals surface area contributed by atoms with Crippen LogP contribution in [0.15, 0.2) is 0 Å². The van der Waals surface area contributed by atoms with Crippen molar-refractivity contribution in [3.8, 4) is 0 Å². The third kappa shape index (κ3) is 2.42. The Morgan fingerprint density at radius 3 is 3.07 bits per heavy atom. The molecule has 2 aliphatic rings. The molecule has 2 rings (SSSR count). The molecule has 0 saturated carbocycles. The summed E-state index contributed by atoms with van der Waals surface area (Å²) in [5.74, 6) is 1.35. The fourth-order valence-electron chi connectivity index (χ4n) is 2.15. The highest BCUT2D eigenvalue weighted by Gasteiger charge is 2.28. The van der Waals surface area contributed by atoms with Gasteiger partial charge in [0.05, 0.1) is 6.04 Å². The van der Waals surface area contributed by atoms with Crippen molar-refractivity contribution in [3.63, 3.8) is 0 Å². The standard InChI is InChI=1S/C10H18N2OS/c1-7-5-8(6-14-7)12-9-3-2-4-11-10(9)13/h7-9,12H,2-6H2,1H3,(H,11,13). The van der Waals surface area contributed by atoms with E-state index in [0.717, 1.165) is 30.4 Å². The van der Waals surface area contributed by atoms with E-state index in [4.69, 9.17) is 0 Å². The van der Waals surface area contributed by atoms with E-state index < -0.39 is 0 Å². The van der Waals surface area contributed by atoms with Gasteiger partial charge in [0, 0.05) is 23.6 Å². The lowest BCUT2D eigenvalue weighted by atomic mass is 10.0. The number of amides is 1. The first-order chi connectivity index (χ1) is 6.75. The molecule has 0 bridgehead atoms. The first-order valence-electron chi connectivity index (χ1n) is 5.41. The summed E-state index contributed by atoms with van der Waals surface area (Å²) in [7, 11) is 0. The van der Waals surface area contributed by atoms with Gasteiger partial charge < -0.3 is 10.6 Å². The fraction of sp³-hybridized carbons (Fsp3) is 0.900. The summed E-state index contributed by atoms with van der Waals surface area (Å²) in [6, 6.07) is 0.614. The van der Waals surface area contributed by atoms with E-state index in [2.05, 4.69) is 17.6 Å². The molecule has 3 unspecified atom stereocenters. The number of nitrogens with one attached hydrogen (secondary N) is 2. The van der Waals surface area contributed by atoms with E-state index in [1.165, 1.54) is 6.42 Å². The molecule has 0 aromatic rings. The van der Waals surface area contributed by atoms with Gasteiger partial charge in [0.25, 0.3) is 0 Å². The highest BCUT2D eigenvalue weighted by molar-refractivity contribution is 8.00. The topological polar surface area (TPSA) is 41.1 Å². The van der Waals surface area contributed by atoms with Crippen LogP contribution in [0.1, 0.15) is 26.2 Å². The van der Waals surface area contributed by atoms with Crippen molar-refractivity contribution < 1.29 is 4.79 Å². The summed E-state index contributed by atoms with van der Waals surface area (Å²) in [4.78, 5) is 11.5.